The number of benzene rings is 1. The fraction of sp³-hybridized carbons (Fsp3) is 0.452. The number of likely N-dealkylation sites (tertiary alicyclic amines) is 1. The van der Waals surface area contributed by atoms with E-state index in [0.717, 1.165) is 54.9 Å². The first kappa shape index (κ1) is 28.9. The van der Waals surface area contributed by atoms with Crippen LogP contribution >= 0.6 is 11.3 Å². The van der Waals surface area contributed by atoms with Gasteiger partial charge >= 0.3 is 0 Å². The second-order valence-electron chi connectivity index (χ2n) is 11.3. The van der Waals surface area contributed by atoms with Gasteiger partial charge in [-0.1, -0.05) is 6.07 Å². The van der Waals surface area contributed by atoms with Crippen molar-refractivity contribution in [3.05, 3.63) is 47.6 Å². The summed E-state index contributed by atoms with van der Waals surface area (Å²) < 4.78 is 5.64. The molecule has 1 N–H and O–H groups in total. The highest BCUT2D eigenvalue weighted by atomic mass is 32.1. The number of hydrogen-bond acceptors (Lipinski definition) is 8. The minimum atomic E-state index is -0.0491. The van der Waals surface area contributed by atoms with Gasteiger partial charge in [0.15, 0.2) is 0 Å². The molecule has 1 saturated carbocycles. The van der Waals surface area contributed by atoms with E-state index in [1.807, 2.05) is 35.5 Å². The van der Waals surface area contributed by atoms with Crippen LogP contribution in [0.3, 0.4) is 0 Å². The Bertz CT molecular complexity index is 1430. The van der Waals surface area contributed by atoms with Gasteiger partial charge in [0.05, 0.1) is 47.0 Å². The Morgan fingerprint density at radius 3 is 2.56 bits per heavy atom. The summed E-state index contributed by atoms with van der Waals surface area (Å²) in [7, 11) is 5.55. The molecule has 1 aliphatic heterocycles. The molecule has 1 aromatic carbocycles. The molecule has 0 bridgehead atoms. The number of methoxy groups -OCH3 is 1. The van der Waals surface area contributed by atoms with Crippen LogP contribution in [0.15, 0.2) is 42.0 Å². The third kappa shape index (κ3) is 6.65. The summed E-state index contributed by atoms with van der Waals surface area (Å²) in [5, 5.41) is 4.87. The number of rotatable bonds is 9. The number of hydrogen-bond donors (Lipinski definition) is 1. The molecule has 2 amide bonds. The number of Topliss-reactive ketones (excluding diaryl/α,β-unsaturated/α-hetero) is 1. The molecule has 9 nitrogen and oxygen atoms in total. The highest BCUT2D eigenvalue weighted by Crippen LogP contribution is 2.37. The maximum absolute atomic E-state index is 13.4. The van der Waals surface area contributed by atoms with Gasteiger partial charge in [0, 0.05) is 36.4 Å². The van der Waals surface area contributed by atoms with Crippen LogP contribution in [0.25, 0.3) is 21.8 Å². The number of ether oxygens (including phenoxy) is 1. The smallest absolute Gasteiger partial charge is 0.257 e. The molecule has 216 valence electrons. The average Bonchev–Trinajstić information content (AvgIpc) is 3.42. The van der Waals surface area contributed by atoms with Crippen LogP contribution in [0.2, 0.25) is 0 Å². The zero-order valence-corrected chi connectivity index (χ0v) is 24.9. The molecule has 2 fully saturated rings. The molecule has 10 heteroatoms. The fourth-order valence-electron chi connectivity index (χ4n) is 5.63. The van der Waals surface area contributed by atoms with E-state index in [0.29, 0.717) is 29.1 Å². The molecule has 41 heavy (non-hydrogen) atoms. The van der Waals surface area contributed by atoms with E-state index in [4.69, 9.17) is 9.72 Å². The molecule has 0 unspecified atom stereocenters. The van der Waals surface area contributed by atoms with E-state index in [9.17, 15) is 14.4 Å². The standard InChI is InChI=1S/C31H37N5O4S/c1-19(37)22-11-20(12-22)13-30(38)33-23-15-29(41-18-23)27-17-32-16-26(34-27)21-5-6-25(28(14-21)40-4)31(39)36(3)24-7-9-35(2)10-8-24/h5-6,14-18,20,22,24H,7-13H2,1-4H3,(H,33,38). The molecule has 1 aliphatic carbocycles. The van der Waals surface area contributed by atoms with E-state index >= 15 is 0 Å². The number of nitrogens with zero attached hydrogens (tertiary/aromatic N) is 4. The number of anilines is 1. The average molecular weight is 576 g/mol. The van der Waals surface area contributed by atoms with Crippen LogP contribution in [0, 0.1) is 11.8 Å². The van der Waals surface area contributed by atoms with E-state index in [2.05, 4.69) is 22.2 Å². The lowest BCUT2D eigenvalue weighted by molar-refractivity contribution is -0.127. The third-order valence-corrected chi connectivity index (χ3v) is 9.29. The van der Waals surface area contributed by atoms with Gasteiger partial charge in [-0.3, -0.25) is 19.4 Å². The molecule has 2 aromatic heterocycles. The van der Waals surface area contributed by atoms with Crippen LogP contribution < -0.4 is 10.1 Å². The predicted octanol–water partition coefficient (Wildman–Crippen LogP) is 4.99. The Labute approximate surface area is 244 Å². The van der Waals surface area contributed by atoms with Gasteiger partial charge in [-0.15, -0.1) is 11.3 Å². The van der Waals surface area contributed by atoms with Crippen LogP contribution in [-0.4, -0.2) is 77.7 Å². The summed E-state index contributed by atoms with van der Waals surface area (Å²) in [6.07, 6.45) is 7.33. The van der Waals surface area contributed by atoms with E-state index in [-0.39, 0.29) is 35.5 Å². The summed E-state index contributed by atoms with van der Waals surface area (Å²) in [6, 6.07) is 7.62. The fourth-order valence-corrected chi connectivity index (χ4v) is 6.43. The number of carbonyl (C=O) groups excluding carboxylic acids is 3. The highest BCUT2D eigenvalue weighted by molar-refractivity contribution is 7.14. The Morgan fingerprint density at radius 2 is 1.85 bits per heavy atom. The topological polar surface area (TPSA) is 105 Å². The van der Waals surface area contributed by atoms with Crippen LogP contribution in [0.5, 0.6) is 5.75 Å². The molecule has 2 aliphatic rings. The van der Waals surface area contributed by atoms with Crippen LogP contribution in [0.4, 0.5) is 5.69 Å². The Hall–Kier alpha value is -3.63. The van der Waals surface area contributed by atoms with E-state index in [1.165, 1.54) is 11.3 Å². The van der Waals surface area contributed by atoms with Gasteiger partial charge in [-0.2, -0.15) is 0 Å². The van der Waals surface area contributed by atoms with Crippen molar-refractivity contribution < 1.29 is 19.1 Å². The second kappa shape index (κ2) is 12.5. The Balaban J connectivity index is 1.26. The highest BCUT2D eigenvalue weighted by Gasteiger charge is 2.33. The van der Waals surface area contributed by atoms with Crippen LogP contribution in [-0.2, 0) is 9.59 Å². The maximum Gasteiger partial charge on any atom is 0.257 e. The minimum absolute atomic E-state index is 0.0376. The number of carbonyl (C=O) groups is 3. The van der Waals surface area contributed by atoms with Crippen molar-refractivity contribution in [2.45, 2.75) is 45.1 Å². The zero-order valence-electron chi connectivity index (χ0n) is 24.1. The molecule has 0 atom stereocenters. The first-order chi connectivity index (χ1) is 19.7. The number of thiophene rings is 1. The summed E-state index contributed by atoms with van der Waals surface area (Å²) in [5.74, 6) is 1.02. The SMILES string of the molecule is COc1cc(-c2cncc(-c3cc(NC(=O)CC4CC(C(C)=O)C4)cs3)n2)ccc1C(=O)N(C)C1CCN(C)CC1. The molecule has 3 heterocycles. The predicted molar refractivity (Wildman–Crippen MR) is 160 cm³/mol. The lowest BCUT2D eigenvalue weighted by atomic mass is 9.71. The first-order valence-corrected chi connectivity index (χ1v) is 14.9. The number of ketones is 1. The number of piperidine rings is 1. The molecule has 0 spiro atoms. The van der Waals surface area contributed by atoms with Crippen LogP contribution in [0.1, 0.15) is 49.4 Å². The zero-order chi connectivity index (χ0) is 29.1. The molecule has 0 radical (unpaired) electrons. The Morgan fingerprint density at radius 1 is 1.12 bits per heavy atom. The molecule has 1 saturated heterocycles. The van der Waals surface area contributed by atoms with Crippen molar-refractivity contribution >= 4 is 34.6 Å². The number of nitrogens with one attached hydrogen (secondary N) is 1. The van der Waals surface area contributed by atoms with Crippen molar-refractivity contribution in [2.24, 2.45) is 11.8 Å². The van der Waals surface area contributed by atoms with Gasteiger partial charge in [-0.05, 0) is 76.9 Å². The first-order valence-electron chi connectivity index (χ1n) is 14.1. The van der Waals surface area contributed by atoms with Crippen molar-refractivity contribution in [3.8, 4) is 27.6 Å². The van der Waals surface area contributed by atoms with Crippen molar-refractivity contribution in [1.82, 2.24) is 19.8 Å². The van der Waals surface area contributed by atoms with Gasteiger partial charge < -0.3 is 19.9 Å². The quantitative estimate of drug-likeness (QED) is 0.383. The summed E-state index contributed by atoms with van der Waals surface area (Å²) in [6.45, 7) is 3.58. The number of aromatic nitrogens is 2. The van der Waals surface area contributed by atoms with Gasteiger partial charge in [-0.25, -0.2) is 4.98 Å². The van der Waals surface area contributed by atoms with Gasteiger partial charge in [0.2, 0.25) is 5.91 Å². The van der Waals surface area contributed by atoms with Gasteiger partial charge in [0.25, 0.3) is 5.91 Å². The lowest BCUT2D eigenvalue weighted by Crippen LogP contribution is -2.44. The van der Waals surface area contributed by atoms with Crippen molar-refractivity contribution in [1.29, 1.82) is 0 Å². The second-order valence-corrected chi connectivity index (χ2v) is 12.2. The van der Waals surface area contributed by atoms with Gasteiger partial charge in [0.1, 0.15) is 11.5 Å². The summed E-state index contributed by atoms with van der Waals surface area (Å²) in [4.78, 5) is 51.5. The summed E-state index contributed by atoms with van der Waals surface area (Å²) in [5.41, 5.74) is 3.40. The normalized spacial score (nSPS) is 19.3. The lowest BCUT2D eigenvalue weighted by Gasteiger charge is -2.35. The third-order valence-electron chi connectivity index (χ3n) is 8.34. The monoisotopic (exact) mass is 575 g/mol. The molecule has 5 rings (SSSR count). The Kier molecular flexibility index (Phi) is 8.79. The molecular weight excluding hydrogens is 538 g/mol. The minimum Gasteiger partial charge on any atom is -0.496 e. The summed E-state index contributed by atoms with van der Waals surface area (Å²) >= 11 is 1.48. The maximum atomic E-state index is 13.4. The molecule has 3 aromatic rings. The van der Waals surface area contributed by atoms with E-state index < -0.39 is 0 Å². The van der Waals surface area contributed by atoms with Crippen molar-refractivity contribution in [2.75, 3.05) is 39.6 Å². The van der Waals surface area contributed by atoms with Crippen molar-refractivity contribution in [3.63, 3.8) is 0 Å². The number of amides is 2. The largest absolute Gasteiger partial charge is 0.496 e. The molecular formula is C31H37N5O4S. The van der Waals surface area contributed by atoms with E-state index in [1.54, 1.807) is 32.5 Å².